The zero-order chi connectivity index (χ0) is 39.3. The molecule has 0 aliphatic carbocycles. The van der Waals surface area contributed by atoms with Crippen molar-refractivity contribution in [2.24, 2.45) is 17.8 Å². The van der Waals surface area contributed by atoms with Gasteiger partial charge in [-0.2, -0.15) is 5.26 Å². The van der Waals surface area contributed by atoms with Gasteiger partial charge in [0.2, 0.25) is 23.6 Å². The van der Waals surface area contributed by atoms with Gasteiger partial charge >= 0.3 is 0 Å². The number of rotatable bonds is 20. The second kappa shape index (κ2) is 21.1. The molecule has 0 aromatic heterocycles. The molecule has 0 unspecified atom stereocenters. The first-order valence-corrected chi connectivity index (χ1v) is 18.6. The molecule has 1 aromatic carbocycles. The van der Waals surface area contributed by atoms with Crippen LogP contribution in [0.4, 0.5) is 5.69 Å². The van der Waals surface area contributed by atoms with Crippen LogP contribution in [0, 0.1) is 29.1 Å². The molecule has 4 N–H and O–H groups in total. The Kier molecular flexibility index (Phi) is 18.0. The summed E-state index contributed by atoms with van der Waals surface area (Å²) < 4.78 is 11.9. The summed E-state index contributed by atoms with van der Waals surface area (Å²) in [6.07, 6.45) is 1.56. The number of amides is 4. The molecule has 13 heteroatoms. The number of methoxy groups -OCH3 is 2. The van der Waals surface area contributed by atoms with E-state index in [2.05, 4.69) is 16.7 Å². The molecule has 1 heterocycles. The van der Waals surface area contributed by atoms with Gasteiger partial charge in [0.25, 0.3) is 0 Å². The lowest BCUT2D eigenvalue weighted by molar-refractivity contribution is -0.148. The number of nitriles is 1. The number of hydrogen-bond donors (Lipinski definition) is 3. The van der Waals surface area contributed by atoms with Gasteiger partial charge in [-0.25, -0.2) is 0 Å². The Balaban J connectivity index is 2.25. The molecule has 1 aromatic rings. The average Bonchev–Trinajstić information content (AvgIpc) is 3.59. The van der Waals surface area contributed by atoms with Crippen molar-refractivity contribution >= 4 is 29.3 Å². The van der Waals surface area contributed by atoms with Crippen molar-refractivity contribution in [3.63, 3.8) is 0 Å². The van der Waals surface area contributed by atoms with Gasteiger partial charge in [0, 0.05) is 39.5 Å². The van der Waals surface area contributed by atoms with Crippen LogP contribution in [0.5, 0.6) is 0 Å². The Labute approximate surface area is 311 Å². The molecule has 1 aliphatic rings. The van der Waals surface area contributed by atoms with Gasteiger partial charge in [-0.3, -0.25) is 24.1 Å². The van der Waals surface area contributed by atoms with Gasteiger partial charge in [0.1, 0.15) is 6.04 Å². The summed E-state index contributed by atoms with van der Waals surface area (Å²) in [5.41, 5.74) is 7.47. The number of hydrogen-bond acceptors (Lipinski definition) is 9. The topological polar surface area (TPSA) is 170 Å². The number of anilines is 1. The average molecular weight is 728 g/mol. The van der Waals surface area contributed by atoms with Crippen LogP contribution >= 0.6 is 0 Å². The number of carbonyl (C=O) groups excluding carboxylic acids is 4. The van der Waals surface area contributed by atoms with Crippen LogP contribution in [0.1, 0.15) is 79.2 Å². The van der Waals surface area contributed by atoms with E-state index >= 15 is 0 Å². The Bertz CT molecular complexity index is 1370. The Hall–Kier alpha value is -3.73. The standard InChI is InChI=1S/C39H65N7O6/c1-12-25(4)35(45(9)39(50)34(24(2)3)43-38(49)27(6)44(7)8)32(51-10)23-33(47)46-20-14-17-31(46)36(52-11)26(5)37(48)42-30(18-19-40)22-28-15-13-16-29(41)21-28/h13,15-16,21,24-27,30-32,34-36H,12,14,17-18,20,22-23,41H2,1-11H3,(H,42,48)(H,43,49)/t25-,26+,27-,30+,31-,32+,34-,35-,36+/m0/s1. The van der Waals surface area contributed by atoms with Crippen molar-refractivity contribution in [1.82, 2.24) is 25.3 Å². The van der Waals surface area contributed by atoms with Gasteiger partial charge in [-0.05, 0) is 69.8 Å². The number of carbonyl (C=O) groups is 4. The molecule has 292 valence electrons. The molecule has 0 spiro atoms. The molecule has 9 atom stereocenters. The fourth-order valence-electron chi connectivity index (χ4n) is 7.17. The van der Waals surface area contributed by atoms with Crippen LogP contribution in [0.25, 0.3) is 0 Å². The lowest BCUT2D eigenvalue weighted by atomic mass is 9.89. The SMILES string of the molecule is CC[C@H](C)[C@@H]([C@@H](CC(=O)N1CCC[C@H]1[C@H](OC)[C@@H](C)C(=O)N[C@H](CC#N)Cc1cccc(N)c1)OC)N(C)C(=O)[C@@H](NC(=O)[C@H](C)N(C)C)C(C)C. The van der Waals surface area contributed by atoms with E-state index in [1.54, 1.807) is 55.9 Å². The van der Waals surface area contributed by atoms with Gasteiger partial charge in [-0.15, -0.1) is 0 Å². The molecule has 1 fully saturated rings. The molecule has 52 heavy (non-hydrogen) atoms. The largest absolute Gasteiger partial charge is 0.399 e. The third-order valence-electron chi connectivity index (χ3n) is 10.8. The van der Waals surface area contributed by atoms with E-state index in [1.807, 2.05) is 60.0 Å². The summed E-state index contributed by atoms with van der Waals surface area (Å²) in [6.45, 7) is 12.0. The first-order chi connectivity index (χ1) is 24.5. The lowest BCUT2D eigenvalue weighted by Crippen LogP contribution is -2.59. The number of nitrogens with one attached hydrogen (secondary N) is 2. The second-order valence-corrected chi connectivity index (χ2v) is 15.0. The maximum atomic E-state index is 14.1. The summed E-state index contributed by atoms with van der Waals surface area (Å²) in [4.78, 5) is 60.0. The predicted molar refractivity (Wildman–Crippen MR) is 203 cm³/mol. The maximum absolute atomic E-state index is 14.1. The van der Waals surface area contributed by atoms with Gasteiger partial charge < -0.3 is 35.6 Å². The number of nitrogen functional groups attached to an aromatic ring is 1. The Morgan fingerprint density at radius 3 is 2.25 bits per heavy atom. The highest BCUT2D eigenvalue weighted by Crippen LogP contribution is 2.30. The summed E-state index contributed by atoms with van der Waals surface area (Å²) >= 11 is 0. The predicted octanol–water partition coefficient (Wildman–Crippen LogP) is 3.22. The van der Waals surface area contributed by atoms with E-state index < -0.39 is 42.3 Å². The van der Waals surface area contributed by atoms with Crippen molar-refractivity contribution < 1.29 is 28.7 Å². The molecular formula is C39H65N7O6. The minimum Gasteiger partial charge on any atom is -0.399 e. The third-order valence-corrected chi connectivity index (χ3v) is 10.8. The van der Waals surface area contributed by atoms with E-state index in [0.717, 1.165) is 18.4 Å². The van der Waals surface area contributed by atoms with Gasteiger partial charge in [-0.1, -0.05) is 53.2 Å². The molecule has 0 bridgehead atoms. The quantitative estimate of drug-likeness (QED) is 0.171. The summed E-state index contributed by atoms with van der Waals surface area (Å²) in [6, 6.07) is 7.16. The van der Waals surface area contributed by atoms with Crippen LogP contribution < -0.4 is 16.4 Å². The van der Waals surface area contributed by atoms with Crippen molar-refractivity contribution in [2.45, 2.75) is 122 Å². The van der Waals surface area contributed by atoms with E-state index in [-0.39, 0.29) is 54.3 Å². The monoisotopic (exact) mass is 727 g/mol. The molecular weight excluding hydrogens is 662 g/mol. The van der Waals surface area contributed by atoms with E-state index in [4.69, 9.17) is 15.2 Å². The van der Waals surface area contributed by atoms with Crippen LogP contribution in [0.3, 0.4) is 0 Å². The van der Waals surface area contributed by atoms with Gasteiger partial charge in [0.05, 0.1) is 55.2 Å². The van der Waals surface area contributed by atoms with E-state index in [1.165, 1.54) is 0 Å². The Morgan fingerprint density at radius 2 is 1.71 bits per heavy atom. The van der Waals surface area contributed by atoms with Crippen LogP contribution in [0.15, 0.2) is 24.3 Å². The molecule has 13 nitrogen and oxygen atoms in total. The fraction of sp³-hybridized carbons (Fsp3) is 0.718. The first kappa shape index (κ1) is 44.4. The molecule has 0 saturated carbocycles. The second-order valence-electron chi connectivity index (χ2n) is 15.0. The lowest BCUT2D eigenvalue weighted by Gasteiger charge is -2.41. The molecule has 1 saturated heterocycles. The highest BCUT2D eigenvalue weighted by atomic mass is 16.5. The van der Waals surface area contributed by atoms with E-state index in [0.29, 0.717) is 25.1 Å². The number of benzene rings is 1. The van der Waals surface area contributed by atoms with Gasteiger partial charge in [0.15, 0.2) is 0 Å². The zero-order valence-corrected chi connectivity index (χ0v) is 33.3. The summed E-state index contributed by atoms with van der Waals surface area (Å²) in [7, 11) is 8.45. The molecule has 0 radical (unpaired) electrons. The fourth-order valence-corrected chi connectivity index (χ4v) is 7.17. The highest BCUT2D eigenvalue weighted by Gasteiger charge is 2.43. The number of ether oxygens (including phenoxy) is 2. The minimum absolute atomic E-state index is 0.0191. The number of likely N-dealkylation sites (tertiary alicyclic amines) is 1. The molecule has 2 rings (SSSR count). The van der Waals surface area contributed by atoms with Crippen LogP contribution in [-0.4, -0.2) is 123 Å². The number of likely N-dealkylation sites (N-methyl/N-ethyl adjacent to an activating group) is 2. The minimum atomic E-state index is -0.753. The Morgan fingerprint density at radius 1 is 1.04 bits per heavy atom. The van der Waals surface area contributed by atoms with Crippen molar-refractivity contribution in [2.75, 3.05) is 47.6 Å². The maximum Gasteiger partial charge on any atom is 0.245 e. The van der Waals surface area contributed by atoms with Crippen molar-refractivity contribution in [3.8, 4) is 6.07 Å². The third kappa shape index (κ3) is 11.9. The number of nitrogens with zero attached hydrogens (tertiary/aromatic N) is 4. The van der Waals surface area contributed by atoms with Crippen molar-refractivity contribution in [3.05, 3.63) is 29.8 Å². The van der Waals surface area contributed by atoms with Crippen LogP contribution in [0.2, 0.25) is 0 Å². The first-order valence-electron chi connectivity index (χ1n) is 18.6. The zero-order valence-electron chi connectivity index (χ0n) is 33.3. The summed E-state index contributed by atoms with van der Waals surface area (Å²) in [5.74, 6) is -1.67. The molecule has 1 aliphatic heterocycles. The normalized spacial score (nSPS) is 19.2. The summed E-state index contributed by atoms with van der Waals surface area (Å²) in [5, 5.41) is 15.5. The van der Waals surface area contributed by atoms with Crippen LogP contribution in [-0.2, 0) is 35.1 Å². The number of nitrogens with two attached hydrogens (primary N) is 1. The highest BCUT2D eigenvalue weighted by molar-refractivity contribution is 5.90. The smallest absolute Gasteiger partial charge is 0.245 e. The van der Waals surface area contributed by atoms with E-state index in [9.17, 15) is 24.4 Å². The van der Waals surface area contributed by atoms with Crippen molar-refractivity contribution in [1.29, 1.82) is 5.26 Å². The molecule has 4 amide bonds.